The van der Waals surface area contributed by atoms with Gasteiger partial charge in [-0.05, 0) is 25.7 Å². The zero-order valence-corrected chi connectivity index (χ0v) is 10.1. The van der Waals surface area contributed by atoms with Crippen LogP contribution in [0.15, 0.2) is 5.51 Å². The van der Waals surface area contributed by atoms with Gasteiger partial charge in [-0.3, -0.25) is 0 Å². The zero-order valence-electron chi connectivity index (χ0n) is 9.27. The Morgan fingerprint density at radius 2 is 2.19 bits per heavy atom. The van der Waals surface area contributed by atoms with Crippen LogP contribution in [0, 0.1) is 0 Å². The largest absolute Gasteiger partial charge is 0.341 e. The van der Waals surface area contributed by atoms with Gasteiger partial charge >= 0.3 is 6.03 Å². The molecule has 0 spiro atoms. The summed E-state index contributed by atoms with van der Waals surface area (Å²) in [6.45, 7) is 0. The van der Waals surface area contributed by atoms with Crippen LogP contribution >= 0.6 is 11.3 Å². The molecule has 0 aromatic carbocycles. The van der Waals surface area contributed by atoms with Crippen LogP contribution in [0.3, 0.4) is 0 Å². The normalized spacial score (nSPS) is 25.1. The van der Waals surface area contributed by atoms with E-state index < -0.39 is 0 Å². The van der Waals surface area contributed by atoms with Crippen molar-refractivity contribution in [3.05, 3.63) is 10.5 Å². The second-order valence-electron chi connectivity index (χ2n) is 4.05. The molecule has 0 atom stereocenters. The van der Waals surface area contributed by atoms with Crippen molar-refractivity contribution in [3.8, 4) is 0 Å². The van der Waals surface area contributed by atoms with Crippen LogP contribution in [0.1, 0.15) is 36.6 Å². The van der Waals surface area contributed by atoms with Crippen molar-refractivity contribution in [1.29, 1.82) is 0 Å². The first-order chi connectivity index (χ1) is 7.79. The summed E-state index contributed by atoms with van der Waals surface area (Å²) in [5.41, 5.74) is 1.78. The van der Waals surface area contributed by atoms with E-state index in [1.54, 1.807) is 23.9 Å². The number of nitrogens with zero attached hydrogens (tertiary/aromatic N) is 2. The van der Waals surface area contributed by atoms with E-state index in [0.29, 0.717) is 12.0 Å². The lowest BCUT2D eigenvalue weighted by Gasteiger charge is -2.27. The van der Waals surface area contributed by atoms with Crippen LogP contribution in [0.25, 0.3) is 0 Å². The topological polar surface area (TPSA) is 66.9 Å². The molecule has 1 aliphatic carbocycles. The van der Waals surface area contributed by atoms with Gasteiger partial charge in [-0.25, -0.2) is 4.79 Å². The van der Waals surface area contributed by atoms with Gasteiger partial charge in [0.2, 0.25) is 0 Å². The van der Waals surface area contributed by atoms with Gasteiger partial charge in [-0.1, -0.05) is 0 Å². The van der Waals surface area contributed by atoms with Gasteiger partial charge in [0.25, 0.3) is 0 Å². The first-order valence-electron chi connectivity index (χ1n) is 5.54. The average molecular weight is 240 g/mol. The Morgan fingerprint density at radius 1 is 1.44 bits per heavy atom. The molecule has 88 valence electrons. The number of hydrogen-bond acceptors (Lipinski definition) is 4. The molecule has 0 radical (unpaired) electrons. The van der Waals surface area contributed by atoms with Crippen LogP contribution in [0.2, 0.25) is 0 Å². The summed E-state index contributed by atoms with van der Waals surface area (Å²) >= 11 is 1.63. The minimum Gasteiger partial charge on any atom is -0.341 e. The Bertz CT molecular complexity index is 333. The number of urea groups is 1. The number of amides is 2. The molecule has 1 aliphatic rings. The smallest absolute Gasteiger partial charge is 0.314 e. The third-order valence-corrected chi connectivity index (χ3v) is 3.87. The molecular formula is C10H16N4OS. The van der Waals surface area contributed by atoms with Gasteiger partial charge in [0.15, 0.2) is 0 Å². The van der Waals surface area contributed by atoms with E-state index in [0.717, 1.165) is 30.7 Å². The maximum absolute atomic E-state index is 11.1. The summed E-state index contributed by atoms with van der Waals surface area (Å²) in [7, 11) is 1.64. The van der Waals surface area contributed by atoms with Crippen molar-refractivity contribution in [2.75, 3.05) is 7.05 Å². The fourth-order valence-electron chi connectivity index (χ4n) is 2.10. The highest BCUT2D eigenvalue weighted by atomic mass is 32.1. The predicted octanol–water partition coefficient (Wildman–Crippen LogP) is 1.49. The van der Waals surface area contributed by atoms with E-state index in [1.165, 1.54) is 0 Å². The highest BCUT2D eigenvalue weighted by molar-refractivity contribution is 7.09. The van der Waals surface area contributed by atoms with Crippen LogP contribution < -0.4 is 10.6 Å². The van der Waals surface area contributed by atoms with Gasteiger partial charge < -0.3 is 10.6 Å². The quantitative estimate of drug-likeness (QED) is 0.823. The number of carbonyl (C=O) groups excluding carboxylic acids is 1. The monoisotopic (exact) mass is 240 g/mol. The molecule has 1 fully saturated rings. The minimum absolute atomic E-state index is 0.0839. The zero-order chi connectivity index (χ0) is 11.4. The maximum Gasteiger partial charge on any atom is 0.314 e. The molecular weight excluding hydrogens is 224 g/mol. The third-order valence-electron chi connectivity index (χ3n) is 3.02. The fraction of sp³-hybridized carbons (Fsp3) is 0.700. The number of nitrogens with one attached hydrogen (secondary N) is 2. The maximum atomic E-state index is 11.1. The van der Waals surface area contributed by atoms with Crippen molar-refractivity contribution >= 4 is 17.4 Å². The summed E-state index contributed by atoms with van der Waals surface area (Å²) < 4.78 is 0. The Kier molecular flexibility index (Phi) is 3.71. The van der Waals surface area contributed by atoms with Crippen molar-refractivity contribution in [1.82, 2.24) is 20.8 Å². The average Bonchev–Trinajstić information content (AvgIpc) is 2.83. The standard InChI is InChI=1S/C10H16N4OS/c1-11-10(15)13-8-4-2-7(3-5-8)9-14-12-6-16-9/h6-8H,2-5H2,1H3,(H2,11,13,15)/t7-,8-. The van der Waals surface area contributed by atoms with Crippen LogP contribution in [-0.4, -0.2) is 29.3 Å². The van der Waals surface area contributed by atoms with E-state index in [4.69, 9.17) is 0 Å². The molecule has 2 amide bonds. The fourth-order valence-corrected chi connectivity index (χ4v) is 2.83. The van der Waals surface area contributed by atoms with Gasteiger partial charge in [0, 0.05) is 19.0 Å². The second-order valence-corrected chi connectivity index (χ2v) is 4.91. The van der Waals surface area contributed by atoms with Gasteiger partial charge in [0.1, 0.15) is 10.5 Å². The van der Waals surface area contributed by atoms with Crippen molar-refractivity contribution in [3.63, 3.8) is 0 Å². The molecule has 0 saturated heterocycles. The van der Waals surface area contributed by atoms with E-state index in [-0.39, 0.29) is 6.03 Å². The number of hydrogen-bond donors (Lipinski definition) is 2. The molecule has 1 heterocycles. The molecule has 1 aromatic rings. The summed E-state index contributed by atoms with van der Waals surface area (Å²) in [5, 5.41) is 14.6. The van der Waals surface area contributed by atoms with Gasteiger partial charge in [-0.15, -0.1) is 21.5 Å². The van der Waals surface area contributed by atoms with E-state index in [2.05, 4.69) is 20.8 Å². The van der Waals surface area contributed by atoms with Crippen molar-refractivity contribution in [2.24, 2.45) is 0 Å². The Labute approximate surface area is 98.7 Å². The molecule has 16 heavy (non-hydrogen) atoms. The third kappa shape index (κ3) is 2.69. The molecule has 1 saturated carbocycles. The molecule has 2 rings (SSSR count). The Balaban J connectivity index is 1.81. The van der Waals surface area contributed by atoms with E-state index in [1.807, 2.05) is 0 Å². The van der Waals surface area contributed by atoms with E-state index >= 15 is 0 Å². The van der Waals surface area contributed by atoms with Gasteiger partial charge in [-0.2, -0.15) is 0 Å². The first-order valence-corrected chi connectivity index (χ1v) is 6.42. The summed E-state index contributed by atoms with van der Waals surface area (Å²) in [5.74, 6) is 0.537. The number of aromatic nitrogens is 2. The number of carbonyl (C=O) groups is 1. The highest BCUT2D eigenvalue weighted by Crippen LogP contribution is 2.33. The highest BCUT2D eigenvalue weighted by Gasteiger charge is 2.24. The lowest BCUT2D eigenvalue weighted by Crippen LogP contribution is -2.42. The minimum atomic E-state index is -0.0839. The molecule has 0 bridgehead atoms. The summed E-state index contributed by atoms with van der Waals surface area (Å²) in [6.07, 6.45) is 4.23. The molecule has 6 heteroatoms. The molecule has 1 aromatic heterocycles. The SMILES string of the molecule is CNC(=O)N[C@H]1CC[C@H](c2nncs2)CC1. The van der Waals surface area contributed by atoms with Crippen molar-refractivity contribution < 1.29 is 4.79 Å². The van der Waals surface area contributed by atoms with Crippen LogP contribution in [0.5, 0.6) is 0 Å². The Morgan fingerprint density at radius 3 is 2.75 bits per heavy atom. The molecule has 0 aliphatic heterocycles. The lowest BCUT2D eigenvalue weighted by molar-refractivity contribution is 0.233. The summed E-state index contributed by atoms with van der Waals surface area (Å²) in [6, 6.07) is 0.225. The van der Waals surface area contributed by atoms with E-state index in [9.17, 15) is 4.79 Å². The molecule has 2 N–H and O–H groups in total. The lowest BCUT2D eigenvalue weighted by atomic mass is 9.86. The summed E-state index contributed by atoms with van der Waals surface area (Å²) in [4.78, 5) is 11.1. The first kappa shape index (κ1) is 11.3. The Hall–Kier alpha value is -1.17. The second kappa shape index (κ2) is 5.25. The van der Waals surface area contributed by atoms with Gasteiger partial charge in [0.05, 0.1) is 0 Å². The van der Waals surface area contributed by atoms with Crippen molar-refractivity contribution in [2.45, 2.75) is 37.6 Å². The van der Waals surface area contributed by atoms with Crippen LogP contribution in [0.4, 0.5) is 4.79 Å². The molecule has 0 unspecified atom stereocenters. The number of rotatable bonds is 2. The van der Waals surface area contributed by atoms with Crippen LogP contribution in [-0.2, 0) is 0 Å². The predicted molar refractivity (Wildman–Crippen MR) is 62.5 cm³/mol. The molecule has 5 nitrogen and oxygen atoms in total.